The van der Waals surface area contributed by atoms with Crippen LogP contribution >= 0.6 is 12.2 Å². The molecule has 152 valence electrons. The van der Waals surface area contributed by atoms with Crippen LogP contribution in [0.25, 0.3) is 4.85 Å². The molecule has 1 saturated carbocycles. The third-order valence-electron chi connectivity index (χ3n) is 5.56. The van der Waals surface area contributed by atoms with Crippen molar-refractivity contribution in [3.05, 3.63) is 58.8 Å². The second-order valence-corrected chi connectivity index (χ2v) is 7.57. The molecule has 0 atom stereocenters. The number of nitrogens with one attached hydrogen (secondary N) is 1. The maximum Gasteiger partial charge on any atom is 0.272 e. The molecule has 0 bridgehead atoms. The van der Waals surface area contributed by atoms with Crippen LogP contribution in [0.5, 0.6) is 0 Å². The fourth-order valence-electron chi connectivity index (χ4n) is 3.89. The van der Waals surface area contributed by atoms with Gasteiger partial charge in [0, 0.05) is 16.8 Å². The minimum Gasteiger partial charge on any atom is -0.360 e. The predicted molar refractivity (Wildman–Crippen MR) is 114 cm³/mol. The van der Waals surface area contributed by atoms with E-state index in [-0.39, 0.29) is 22.5 Å². The van der Waals surface area contributed by atoms with E-state index in [1.54, 1.807) is 23.2 Å². The zero-order chi connectivity index (χ0) is 24.1. The first-order valence-electron chi connectivity index (χ1n) is 10.6. The molecule has 2 fully saturated rings. The Balaban J connectivity index is 1.72. The number of thiocarbonyl (C=S) groups is 1. The first kappa shape index (κ1) is 16.4. The number of halogens is 1. The summed E-state index contributed by atoms with van der Waals surface area (Å²) in [7, 11) is 0. The Labute approximate surface area is 182 Å². The summed E-state index contributed by atoms with van der Waals surface area (Å²) in [6.45, 7) is 6.12. The molecule has 1 aromatic carbocycles. The van der Waals surface area contributed by atoms with E-state index in [4.69, 9.17) is 22.9 Å². The Bertz CT molecular complexity index is 1240. The van der Waals surface area contributed by atoms with Crippen LogP contribution in [0.15, 0.2) is 30.5 Å². The Kier molecular flexibility index (Phi) is 3.91. The van der Waals surface area contributed by atoms with Crippen LogP contribution in [0.2, 0.25) is 0 Å². The average molecular weight is 426 g/mol. The van der Waals surface area contributed by atoms with Gasteiger partial charge in [0.2, 0.25) is 0 Å². The summed E-state index contributed by atoms with van der Waals surface area (Å²) >= 11 is 5.62. The topological polar surface area (TPSA) is 69.9 Å². The molecule has 1 saturated heterocycles. The van der Waals surface area contributed by atoms with Gasteiger partial charge in [-0.1, -0.05) is 6.57 Å². The fourth-order valence-corrected chi connectivity index (χ4v) is 4.36. The monoisotopic (exact) mass is 426 g/mol. The summed E-state index contributed by atoms with van der Waals surface area (Å²) in [4.78, 5) is 35.9. The zero-order valence-electron chi connectivity index (χ0n) is 18.9. The number of benzene rings is 1. The van der Waals surface area contributed by atoms with Crippen molar-refractivity contribution in [1.82, 2.24) is 10.3 Å². The molecule has 1 aliphatic carbocycles. The Morgan fingerprint density at radius 2 is 2.17 bits per heavy atom. The second-order valence-electron chi connectivity index (χ2n) is 7.21. The van der Waals surface area contributed by atoms with Crippen LogP contribution in [0.3, 0.4) is 0 Å². The van der Waals surface area contributed by atoms with Gasteiger partial charge in [-0.15, -0.1) is 4.98 Å². The Hall–Kier alpha value is -3.38. The standard InChI is InChI=1S/C21H18FN5O2S/c1-12-9-14(11-25-17(12)23-2)26-19(29)21(7-4-8-21)27(20(26)30)13-5-6-15(16(22)10-13)18(28)24-3/h5-6,9-11H,4,7-8H2,1,3H3,(H,24,28)/i3D3. The van der Waals surface area contributed by atoms with Crippen molar-refractivity contribution >= 4 is 46.3 Å². The van der Waals surface area contributed by atoms with Crippen LogP contribution in [0.1, 0.15) is 39.3 Å². The number of carbonyl (C=O) groups is 2. The molecule has 1 N–H and O–H groups in total. The summed E-state index contributed by atoms with van der Waals surface area (Å²) in [5, 5.41) is 1.89. The van der Waals surface area contributed by atoms with Crippen molar-refractivity contribution in [1.29, 1.82) is 0 Å². The molecular weight excluding hydrogens is 405 g/mol. The molecule has 1 aliphatic heterocycles. The Morgan fingerprint density at radius 3 is 2.73 bits per heavy atom. The van der Waals surface area contributed by atoms with Crippen molar-refractivity contribution in [2.24, 2.45) is 0 Å². The molecule has 1 aromatic heterocycles. The number of carbonyl (C=O) groups excluding carboxylic acids is 2. The number of nitrogens with zero attached hydrogens (tertiary/aromatic N) is 4. The van der Waals surface area contributed by atoms with Crippen molar-refractivity contribution in [2.75, 3.05) is 16.8 Å². The maximum absolute atomic E-state index is 14.8. The molecular formula is C21H18FN5O2S. The summed E-state index contributed by atoms with van der Waals surface area (Å²) in [5.74, 6) is -2.04. The Morgan fingerprint density at radius 1 is 1.40 bits per heavy atom. The number of amides is 2. The lowest BCUT2D eigenvalue weighted by molar-refractivity contribution is -0.123. The molecule has 9 heteroatoms. The second kappa shape index (κ2) is 7.15. The molecule has 1 spiro atoms. The van der Waals surface area contributed by atoms with Crippen LogP contribution in [-0.2, 0) is 4.79 Å². The molecule has 2 amide bonds. The van der Waals surface area contributed by atoms with E-state index in [1.165, 1.54) is 23.2 Å². The van der Waals surface area contributed by atoms with Crippen LogP contribution in [0.4, 0.5) is 21.6 Å². The highest BCUT2D eigenvalue weighted by atomic mass is 32.1. The number of aryl methyl sites for hydroxylation is 1. The van der Waals surface area contributed by atoms with Crippen LogP contribution < -0.4 is 15.1 Å². The van der Waals surface area contributed by atoms with Gasteiger partial charge in [-0.3, -0.25) is 14.5 Å². The number of anilines is 2. The van der Waals surface area contributed by atoms with Gasteiger partial charge in [0.25, 0.3) is 17.6 Å². The van der Waals surface area contributed by atoms with E-state index in [9.17, 15) is 14.0 Å². The SMILES string of the molecule is [2H]C([2H])([2H])NC(=O)c1ccc(N2C(=S)N(c3cnc([N+]#[C-])c(C)c3)C(=O)C23CCC3)cc1F. The summed E-state index contributed by atoms with van der Waals surface area (Å²) in [6.07, 6.45) is 3.22. The van der Waals surface area contributed by atoms with E-state index in [0.717, 1.165) is 12.5 Å². The highest BCUT2D eigenvalue weighted by Gasteiger charge is 2.59. The van der Waals surface area contributed by atoms with E-state index < -0.39 is 29.8 Å². The lowest BCUT2D eigenvalue weighted by atomic mass is 9.75. The summed E-state index contributed by atoms with van der Waals surface area (Å²) in [5.41, 5.74) is -0.118. The van der Waals surface area contributed by atoms with E-state index in [1.807, 2.05) is 0 Å². The van der Waals surface area contributed by atoms with Gasteiger partial charge in [-0.25, -0.2) is 4.39 Å². The lowest BCUT2D eigenvalue weighted by Crippen LogP contribution is -2.55. The molecule has 2 heterocycles. The molecule has 2 aliphatic rings. The van der Waals surface area contributed by atoms with Gasteiger partial charge in [-0.05, 0) is 68.2 Å². The predicted octanol–water partition coefficient (Wildman–Crippen LogP) is 3.50. The highest BCUT2D eigenvalue weighted by molar-refractivity contribution is 7.81. The fraction of sp³-hybridized carbons (Fsp3) is 0.286. The molecule has 2 aromatic rings. The van der Waals surface area contributed by atoms with Crippen LogP contribution in [0, 0.1) is 19.3 Å². The largest absolute Gasteiger partial charge is 0.360 e. The molecule has 30 heavy (non-hydrogen) atoms. The quantitative estimate of drug-likeness (QED) is 0.601. The van der Waals surface area contributed by atoms with Gasteiger partial charge in [0.15, 0.2) is 5.11 Å². The normalized spacial score (nSPS) is 19.0. The third kappa shape index (κ3) is 2.75. The van der Waals surface area contributed by atoms with Gasteiger partial charge < -0.3 is 15.1 Å². The van der Waals surface area contributed by atoms with E-state index in [2.05, 4.69) is 9.83 Å². The number of hydrogen-bond donors (Lipinski definition) is 1. The number of aromatic nitrogens is 1. The molecule has 0 radical (unpaired) electrons. The maximum atomic E-state index is 14.8. The third-order valence-corrected chi connectivity index (χ3v) is 5.93. The van der Waals surface area contributed by atoms with E-state index >= 15 is 0 Å². The lowest BCUT2D eigenvalue weighted by Gasteiger charge is -2.43. The summed E-state index contributed by atoms with van der Waals surface area (Å²) < 4.78 is 36.2. The van der Waals surface area contributed by atoms with Crippen LogP contribution in [-0.4, -0.2) is 34.4 Å². The molecule has 7 nitrogen and oxygen atoms in total. The van der Waals surface area contributed by atoms with Crippen molar-refractivity contribution in [2.45, 2.75) is 31.7 Å². The van der Waals surface area contributed by atoms with Gasteiger partial charge in [0.1, 0.15) is 17.6 Å². The first-order valence-corrected chi connectivity index (χ1v) is 9.54. The van der Waals surface area contributed by atoms with Gasteiger partial charge >= 0.3 is 0 Å². The van der Waals surface area contributed by atoms with Crippen molar-refractivity contribution < 1.29 is 18.1 Å². The number of pyridine rings is 1. The summed E-state index contributed by atoms with van der Waals surface area (Å²) in [6, 6.07) is 5.34. The van der Waals surface area contributed by atoms with Crippen molar-refractivity contribution in [3.63, 3.8) is 0 Å². The van der Waals surface area contributed by atoms with Gasteiger partial charge in [0.05, 0.1) is 11.3 Å². The highest BCUT2D eigenvalue weighted by Crippen LogP contribution is 2.48. The first-order chi connectivity index (χ1) is 15.5. The zero-order valence-corrected chi connectivity index (χ0v) is 16.7. The number of rotatable bonds is 3. The van der Waals surface area contributed by atoms with E-state index in [0.29, 0.717) is 24.1 Å². The minimum absolute atomic E-state index is 0.135. The van der Waals surface area contributed by atoms with Gasteiger partial charge in [-0.2, -0.15) is 0 Å². The molecule has 0 unspecified atom stereocenters. The molecule has 4 rings (SSSR count). The smallest absolute Gasteiger partial charge is 0.272 e. The minimum atomic E-state index is -2.75. The number of hydrogen-bond acceptors (Lipinski definition) is 4. The average Bonchev–Trinajstić information content (AvgIpc) is 2.93. The van der Waals surface area contributed by atoms with Crippen molar-refractivity contribution in [3.8, 4) is 0 Å².